The van der Waals surface area contributed by atoms with Gasteiger partial charge in [-0.15, -0.1) is 0 Å². The van der Waals surface area contributed by atoms with Crippen molar-refractivity contribution in [3.63, 3.8) is 0 Å². The van der Waals surface area contributed by atoms with Crippen LogP contribution in [0.3, 0.4) is 0 Å². The minimum atomic E-state index is -5.63. The average molecular weight is 273 g/mol. The Morgan fingerprint density at radius 3 is 1.57 bits per heavy atom. The topological polar surface area (TPSA) is 167 Å². The van der Waals surface area contributed by atoms with Crippen LogP contribution in [0.4, 0.5) is 0 Å². The van der Waals surface area contributed by atoms with E-state index in [2.05, 4.69) is 0 Å². The molecule has 0 amide bonds. The zero-order valence-electron chi connectivity index (χ0n) is 7.07. The molecular formula is C3H9CaNO7P2. The third kappa shape index (κ3) is 3.81. The van der Waals surface area contributed by atoms with Crippen LogP contribution in [0.2, 0.25) is 0 Å². The molecule has 0 aliphatic rings. The Morgan fingerprint density at radius 1 is 1.21 bits per heavy atom. The molecule has 0 aliphatic carbocycles. The van der Waals surface area contributed by atoms with Gasteiger partial charge in [0.05, 0.1) is 0 Å². The van der Waals surface area contributed by atoms with E-state index in [1.54, 1.807) is 0 Å². The summed E-state index contributed by atoms with van der Waals surface area (Å²) in [6.45, 7) is -0.532. The zero-order chi connectivity index (χ0) is 10.9. The third-order valence-corrected chi connectivity index (χ3v) is 5.16. The summed E-state index contributed by atoms with van der Waals surface area (Å²) in [5.74, 6) is 0. The Hall–Kier alpha value is 1.48. The molecular weight excluding hydrogens is 264 g/mol. The van der Waals surface area contributed by atoms with Crippen LogP contribution >= 0.6 is 15.2 Å². The Kier molecular flexibility index (Phi) is 7.28. The quantitative estimate of drug-likeness (QED) is 0.305. The molecule has 5 N–H and O–H groups in total. The summed E-state index contributed by atoms with van der Waals surface area (Å²) in [5.41, 5.74) is 4.81. The largest absolute Gasteiger partial charge is 2.00 e. The molecule has 0 saturated heterocycles. The van der Waals surface area contributed by atoms with Crippen molar-refractivity contribution in [1.82, 2.24) is 0 Å². The molecule has 0 fully saturated rings. The van der Waals surface area contributed by atoms with Gasteiger partial charge in [0.2, 0.25) is 0 Å². The summed E-state index contributed by atoms with van der Waals surface area (Å²) in [7, 11) is -11.3. The van der Waals surface area contributed by atoms with Gasteiger partial charge < -0.3 is 39.5 Å². The van der Waals surface area contributed by atoms with E-state index in [4.69, 9.17) is 20.6 Å². The smallest absolute Gasteiger partial charge is 0.776 e. The molecule has 0 bridgehead atoms. The van der Waals surface area contributed by atoms with Crippen LogP contribution in [0, 0.1) is 0 Å². The van der Waals surface area contributed by atoms with Crippen molar-refractivity contribution in [2.24, 2.45) is 5.73 Å². The van der Waals surface area contributed by atoms with E-state index in [1.807, 2.05) is 0 Å². The molecule has 0 aliphatic heterocycles. The van der Waals surface area contributed by atoms with Crippen molar-refractivity contribution in [3.05, 3.63) is 0 Å². The van der Waals surface area contributed by atoms with E-state index in [1.165, 1.54) is 0 Å². The SMILES string of the molecule is NCCC(O)(P(=O)([O-])O)P(=O)([O-])O.[Ca+2]. The Bertz CT molecular complexity index is 248. The summed E-state index contributed by atoms with van der Waals surface area (Å²) in [6.07, 6.45) is -0.998. The van der Waals surface area contributed by atoms with Crippen LogP contribution in [0.1, 0.15) is 6.42 Å². The predicted molar refractivity (Wildman–Crippen MR) is 44.0 cm³/mol. The minimum absolute atomic E-state index is 0. The van der Waals surface area contributed by atoms with E-state index in [-0.39, 0.29) is 37.7 Å². The van der Waals surface area contributed by atoms with Gasteiger partial charge in [0.15, 0.2) is 20.3 Å². The van der Waals surface area contributed by atoms with Crippen LogP contribution in [0.15, 0.2) is 0 Å². The maximum Gasteiger partial charge on any atom is 2.00 e. The predicted octanol–water partition coefficient (Wildman–Crippen LogP) is -3.31. The van der Waals surface area contributed by atoms with E-state index >= 15 is 0 Å². The molecule has 80 valence electrons. The van der Waals surface area contributed by atoms with Gasteiger partial charge in [-0.2, -0.15) is 0 Å². The summed E-state index contributed by atoms with van der Waals surface area (Å²) in [6, 6.07) is 0. The van der Waals surface area contributed by atoms with Crippen molar-refractivity contribution in [2.75, 3.05) is 6.54 Å². The normalized spacial score (nSPS) is 23.9. The molecule has 8 nitrogen and oxygen atoms in total. The van der Waals surface area contributed by atoms with Crippen LogP contribution in [0.5, 0.6) is 0 Å². The Labute approximate surface area is 110 Å². The second-order valence-electron chi connectivity index (χ2n) is 2.35. The second kappa shape index (κ2) is 5.70. The fraction of sp³-hybridized carbons (Fsp3) is 1.00. The molecule has 2 unspecified atom stereocenters. The first-order chi connectivity index (χ1) is 5.56. The Morgan fingerprint density at radius 2 is 1.50 bits per heavy atom. The van der Waals surface area contributed by atoms with Gasteiger partial charge >= 0.3 is 37.7 Å². The standard InChI is InChI=1S/C3H11NO7P2.Ca/c4-2-1-3(5,12(6,7)8)13(9,10)11;/h5H,1-2,4H2,(H2,6,7,8)(H2,9,10,11);/q;+2/p-2. The summed E-state index contributed by atoms with van der Waals surface area (Å²) in [5, 5.41) is 5.36. The monoisotopic (exact) mass is 273 g/mol. The molecule has 0 aromatic carbocycles. The van der Waals surface area contributed by atoms with Gasteiger partial charge in [-0.05, 0) is 6.54 Å². The first-order valence-corrected chi connectivity index (χ1v) is 6.22. The van der Waals surface area contributed by atoms with Crippen LogP contribution in [0.25, 0.3) is 0 Å². The molecule has 0 saturated carbocycles. The number of aliphatic hydroxyl groups is 1. The van der Waals surface area contributed by atoms with Crippen molar-refractivity contribution in [2.45, 2.75) is 11.5 Å². The second-order valence-corrected chi connectivity index (χ2v) is 6.27. The summed E-state index contributed by atoms with van der Waals surface area (Å²) in [4.78, 5) is 37.6. The van der Waals surface area contributed by atoms with Gasteiger partial charge in [0.1, 0.15) is 0 Å². The van der Waals surface area contributed by atoms with Gasteiger partial charge in [0.25, 0.3) is 0 Å². The maximum absolute atomic E-state index is 10.4. The zero-order valence-corrected chi connectivity index (χ0v) is 11.1. The van der Waals surface area contributed by atoms with Crippen molar-refractivity contribution in [1.29, 1.82) is 0 Å². The molecule has 14 heavy (non-hydrogen) atoms. The molecule has 2 atom stereocenters. The molecule has 0 spiro atoms. The number of hydrogen-bond donors (Lipinski definition) is 4. The molecule has 0 aromatic heterocycles. The fourth-order valence-corrected chi connectivity index (χ4v) is 2.74. The molecule has 11 heteroatoms. The summed E-state index contributed by atoms with van der Waals surface area (Å²) < 4.78 is 20.9. The van der Waals surface area contributed by atoms with Gasteiger partial charge in [-0.1, -0.05) is 0 Å². The van der Waals surface area contributed by atoms with Crippen LogP contribution in [-0.4, -0.2) is 64.3 Å². The Balaban J connectivity index is 0. The molecule has 0 rings (SSSR count). The van der Waals surface area contributed by atoms with Crippen molar-refractivity contribution >= 4 is 52.9 Å². The van der Waals surface area contributed by atoms with E-state index in [0.717, 1.165) is 0 Å². The van der Waals surface area contributed by atoms with Gasteiger partial charge in [-0.3, -0.25) is 0 Å². The van der Waals surface area contributed by atoms with E-state index < -0.39 is 33.2 Å². The van der Waals surface area contributed by atoms with Gasteiger partial charge in [0, 0.05) is 6.42 Å². The number of nitrogens with two attached hydrogens (primary N) is 1. The molecule has 0 heterocycles. The summed E-state index contributed by atoms with van der Waals surface area (Å²) >= 11 is 0. The first kappa shape index (κ1) is 17.9. The third-order valence-electron chi connectivity index (χ3n) is 1.38. The van der Waals surface area contributed by atoms with Crippen LogP contribution < -0.4 is 15.5 Å². The minimum Gasteiger partial charge on any atom is -0.776 e. The molecule has 0 aromatic rings. The van der Waals surface area contributed by atoms with E-state index in [0.29, 0.717) is 0 Å². The average Bonchev–Trinajstić information content (AvgIpc) is 1.82. The van der Waals surface area contributed by atoms with Crippen molar-refractivity contribution in [3.8, 4) is 0 Å². The van der Waals surface area contributed by atoms with Crippen molar-refractivity contribution < 1.29 is 33.8 Å². The first-order valence-electron chi connectivity index (χ1n) is 3.06. The molecule has 0 radical (unpaired) electrons. The van der Waals surface area contributed by atoms with Gasteiger partial charge in [-0.25, -0.2) is 0 Å². The number of rotatable bonds is 4. The fourth-order valence-electron chi connectivity index (χ4n) is 0.636. The maximum atomic E-state index is 10.4. The van der Waals surface area contributed by atoms with E-state index in [9.17, 15) is 18.9 Å². The number of hydrogen-bond acceptors (Lipinski definition) is 6. The van der Waals surface area contributed by atoms with Crippen LogP contribution in [-0.2, 0) is 9.13 Å².